The lowest BCUT2D eigenvalue weighted by Crippen LogP contribution is -2.56. The molecule has 30 heavy (non-hydrogen) atoms. The second-order valence-corrected chi connectivity index (χ2v) is 6.87. The van der Waals surface area contributed by atoms with Crippen molar-refractivity contribution in [2.45, 2.75) is 41.5 Å². The molecule has 0 aliphatic carbocycles. The number of benzene rings is 1. The minimum absolute atomic E-state index is 0.183. The van der Waals surface area contributed by atoms with E-state index in [0.717, 1.165) is 23.5 Å². The molecule has 0 N–H and O–H groups in total. The quantitative estimate of drug-likeness (QED) is 0.396. The average Bonchev–Trinajstić information content (AvgIpc) is 2.76. The number of para-hydroxylation sites is 1. The van der Waals surface area contributed by atoms with Gasteiger partial charge in [-0.15, -0.1) is 0 Å². The summed E-state index contributed by atoms with van der Waals surface area (Å²) in [5.74, 6) is -0.652. The van der Waals surface area contributed by atoms with E-state index in [2.05, 4.69) is 11.8 Å². The molecule has 160 valence electrons. The van der Waals surface area contributed by atoms with Crippen LogP contribution in [-0.4, -0.2) is 46.4 Å². The molecule has 0 saturated carbocycles. The van der Waals surface area contributed by atoms with Crippen molar-refractivity contribution in [2.24, 2.45) is 0 Å². The van der Waals surface area contributed by atoms with Gasteiger partial charge in [0.15, 0.2) is 5.11 Å². The molecule has 2 heterocycles. The lowest BCUT2D eigenvalue weighted by atomic mass is 9.91. The summed E-state index contributed by atoms with van der Waals surface area (Å²) in [5.41, 5.74) is 3.66. The molecule has 0 unspecified atom stereocenters. The Morgan fingerprint density at radius 3 is 1.93 bits per heavy atom. The van der Waals surface area contributed by atoms with E-state index in [4.69, 9.17) is 12.2 Å². The number of hydrogen-bond acceptors (Lipinski definition) is 4. The van der Waals surface area contributed by atoms with Gasteiger partial charge in [0.2, 0.25) is 0 Å². The first-order valence-electron chi connectivity index (χ1n) is 10.6. The fraction of sp³-hybridized carbons (Fsp3) is 0.375. The molecule has 6 heteroatoms. The van der Waals surface area contributed by atoms with Crippen LogP contribution in [0, 0.1) is 0 Å². The predicted octanol–water partition coefficient (Wildman–Crippen LogP) is 4.76. The Balaban J connectivity index is 0.00000155. The number of carbonyl (C=O) groups is 2. The summed E-state index contributed by atoms with van der Waals surface area (Å²) < 4.78 is 0. The molecule has 2 aliphatic heterocycles. The van der Waals surface area contributed by atoms with Gasteiger partial charge >= 0.3 is 0 Å². The van der Waals surface area contributed by atoms with Crippen molar-refractivity contribution in [3.63, 3.8) is 0 Å². The van der Waals surface area contributed by atoms with Crippen LogP contribution in [0.15, 0.2) is 53.8 Å². The molecule has 0 radical (unpaired) electrons. The molecule has 2 amide bonds. The van der Waals surface area contributed by atoms with E-state index < -0.39 is 0 Å². The number of anilines is 1. The van der Waals surface area contributed by atoms with E-state index >= 15 is 0 Å². The number of allylic oxidation sites excluding steroid dienone is 4. The Labute approximate surface area is 185 Å². The Morgan fingerprint density at radius 1 is 0.900 bits per heavy atom. The smallest absolute Gasteiger partial charge is 0.266 e. The molecule has 1 aromatic rings. The zero-order valence-corrected chi connectivity index (χ0v) is 19.5. The SMILES string of the molecule is C/C=C/C1=CC(=C2C(=O)N(CC)C(=S)N(CC)C2=O)c2ccccc2N1CC.CC. The molecule has 5 nitrogen and oxygen atoms in total. The summed E-state index contributed by atoms with van der Waals surface area (Å²) in [6.45, 7) is 13.4. The highest BCUT2D eigenvalue weighted by molar-refractivity contribution is 7.80. The Morgan fingerprint density at radius 2 is 1.43 bits per heavy atom. The first-order chi connectivity index (χ1) is 14.5. The number of nitrogens with zero attached hydrogens (tertiary/aromatic N) is 3. The van der Waals surface area contributed by atoms with E-state index in [1.165, 1.54) is 9.80 Å². The number of hydrogen-bond donors (Lipinski definition) is 0. The molecule has 3 rings (SSSR count). The summed E-state index contributed by atoms with van der Waals surface area (Å²) in [6.07, 6.45) is 5.89. The molecule has 2 aliphatic rings. The van der Waals surface area contributed by atoms with Crippen LogP contribution in [0.4, 0.5) is 5.69 Å². The molecular weight excluding hydrogens is 394 g/mol. The summed E-state index contributed by atoms with van der Waals surface area (Å²) in [5, 5.41) is 0.279. The molecule has 0 bridgehead atoms. The van der Waals surface area contributed by atoms with Crippen molar-refractivity contribution in [3.8, 4) is 0 Å². The van der Waals surface area contributed by atoms with Crippen molar-refractivity contribution in [3.05, 3.63) is 59.3 Å². The highest BCUT2D eigenvalue weighted by atomic mass is 32.1. The number of likely N-dealkylation sites (N-methyl/N-ethyl adjacent to an activating group) is 3. The zero-order chi connectivity index (χ0) is 22.4. The van der Waals surface area contributed by atoms with E-state index in [0.29, 0.717) is 18.7 Å². The van der Waals surface area contributed by atoms with Crippen LogP contribution in [0.2, 0.25) is 0 Å². The second kappa shape index (κ2) is 10.3. The predicted molar refractivity (Wildman–Crippen MR) is 128 cm³/mol. The minimum atomic E-state index is -0.326. The summed E-state index contributed by atoms with van der Waals surface area (Å²) in [4.78, 5) is 31.7. The number of rotatable bonds is 4. The maximum absolute atomic E-state index is 13.2. The highest BCUT2D eigenvalue weighted by Crippen LogP contribution is 2.39. The van der Waals surface area contributed by atoms with E-state index in [1.54, 1.807) is 0 Å². The van der Waals surface area contributed by atoms with Gasteiger partial charge in [-0.05, 0) is 58.1 Å². The van der Waals surface area contributed by atoms with Gasteiger partial charge in [0.25, 0.3) is 11.8 Å². The van der Waals surface area contributed by atoms with E-state index in [9.17, 15) is 9.59 Å². The van der Waals surface area contributed by atoms with Crippen LogP contribution < -0.4 is 4.90 Å². The second-order valence-electron chi connectivity index (χ2n) is 6.50. The van der Waals surface area contributed by atoms with Crippen LogP contribution in [-0.2, 0) is 9.59 Å². The fourth-order valence-corrected chi connectivity index (χ4v) is 4.14. The Bertz CT molecular complexity index is 902. The van der Waals surface area contributed by atoms with Crippen molar-refractivity contribution in [2.75, 3.05) is 24.5 Å². The lowest BCUT2D eigenvalue weighted by Gasteiger charge is -2.38. The summed E-state index contributed by atoms with van der Waals surface area (Å²) in [7, 11) is 0. The standard InChI is InChI=1S/C22H25N3O2S.C2H6/c1-5-11-15-14-17(16-12-9-10-13-18(16)23(15)6-2)19-20(26)24(7-3)22(28)25(8-4)21(19)27;1-2/h5,9-14H,6-8H2,1-4H3;1-2H3/b11-5+;. The van der Waals surface area contributed by atoms with Gasteiger partial charge in [0.05, 0.1) is 0 Å². The zero-order valence-electron chi connectivity index (χ0n) is 18.7. The molecule has 0 atom stereocenters. The Hall–Kier alpha value is -2.73. The van der Waals surface area contributed by atoms with Crippen LogP contribution in [0.3, 0.4) is 0 Å². The van der Waals surface area contributed by atoms with Crippen LogP contribution in [0.1, 0.15) is 47.1 Å². The molecule has 1 saturated heterocycles. The van der Waals surface area contributed by atoms with Gasteiger partial charge in [-0.1, -0.05) is 38.1 Å². The third kappa shape index (κ3) is 3.97. The van der Waals surface area contributed by atoms with E-state index in [-0.39, 0.29) is 22.5 Å². The van der Waals surface area contributed by atoms with Gasteiger partial charge in [0.1, 0.15) is 5.57 Å². The largest absolute Gasteiger partial charge is 0.341 e. The van der Waals surface area contributed by atoms with E-state index in [1.807, 2.05) is 77.1 Å². The van der Waals surface area contributed by atoms with Gasteiger partial charge in [-0.3, -0.25) is 19.4 Å². The van der Waals surface area contributed by atoms with Gasteiger partial charge in [-0.25, -0.2) is 0 Å². The van der Waals surface area contributed by atoms with Crippen molar-refractivity contribution < 1.29 is 9.59 Å². The fourth-order valence-electron chi connectivity index (χ4n) is 3.72. The summed E-state index contributed by atoms with van der Waals surface area (Å²) in [6, 6.07) is 7.88. The molecule has 1 aromatic carbocycles. The molecule has 1 fully saturated rings. The van der Waals surface area contributed by atoms with Gasteiger partial charge in [0, 0.05) is 42.2 Å². The van der Waals surface area contributed by atoms with Crippen molar-refractivity contribution in [1.82, 2.24) is 9.80 Å². The first kappa shape index (κ1) is 23.5. The average molecular weight is 426 g/mol. The summed E-state index contributed by atoms with van der Waals surface area (Å²) >= 11 is 5.39. The third-order valence-electron chi connectivity index (χ3n) is 5.02. The number of fused-ring (bicyclic) bond motifs is 1. The van der Waals surface area contributed by atoms with Crippen molar-refractivity contribution in [1.29, 1.82) is 0 Å². The normalized spacial score (nSPS) is 16.7. The topological polar surface area (TPSA) is 43.9 Å². The molecule has 0 spiro atoms. The first-order valence-corrected chi connectivity index (χ1v) is 11.0. The number of amides is 2. The highest BCUT2D eigenvalue weighted by Gasteiger charge is 2.40. The monoisotopic (exact) mass is 425 g/mol. The number of thiocarbonyl (C=S) groups is 1. The van der Waals surface area contributed by atoms with Crippen LogP contribution in [0.25, 0.3) is 5.57 Å². The maximum Gasteiger partial charge on any atom is 0.266 e. The molecular formula is C24H31N3O2S. The molecule has 0 aromatic heterocycles. The van der Waals surface area contributed by atoms with Gasteiger partial charge in [-0.2, -0.15) is 0 Å². The van der Waals surface area contributed by atoms with Gasteiger partial charge < -0.3 is 4.90 Å². The minimum Gasteiger partial charge on any atom is -0.341 e. The number of carbonyl (C=O) groups excluding carboxylic acids is 2. The lowest BCUT2D eigenvalue weighted by molar-refractivity contribution is -0.133. The van der Waals surface area contributed by atoms with Crippen molar-refractivity contribution >= 4 is 40.4 Å². The van der Waals surface area contributed by atoms with Crippen LogP contribution in [0.5, 0.6) is 0 Å². The van der Waals surface area contributed by atoms with Crippen LogP contribution >= 0.6 is 12.2 Å². The maximum atomic E-state index is 13.2. The third-order valence-corrected chi connectivity index (χ3v) is 5.46. The Kier molecular flexibility index (Phi) is 8.12.